The van der Waals surface area contributed by atoms with E-state index in [2.05, 4.69) is 20.6 Å². The fourth-order valence-corrected chi connectivity index (χ4v) is 2.53. The van der Waals surface area contributed by atoms with Crippen molar-refractivity contribution in [3.8, 4) is 0 Å². The van der Waals surface area contributed by atoms with E-state index < -0.39 is 17.6 Å². The number of rotatable bonds is 4. The number of carbonyl (C=O) groups is 1. The molecule has 1 amide bonds. The summed E-state index contributed by atoms with van der Waals surface area (Å²) in [7, 11) is 0. The van der Waals surface area contributed by atoms with E-state index in [0.29, 0.717) is 5.69 Å². The number of anilines is 3. The van der Waals surface area contributed by atoms with Gasteiger partial charge in [0.1, 0.15) is 5.69 Å². The Labute approximate surface area is 159 Å². The van der Waals surface area contributed by atoms with Crippen LogP contribution >= 0.6 is 0 Å². The molecule has 0 aliphatic heterocycles. The number of benzene rings is 2. The number of hydrogen-bond donors (Lipinski definition) is 2. The second-order valence-corrected chi connectivity index (χ2v) is 6.21. The van der Waals surface area contributed by atoms with Crippen molar-refractivity contribution in [3.05, 3.63) is 77.1 Å². The highest BCUT2D eigenvalue weighted by atomic mass is 19.4. The van der Waals surface area contributed by atoms with Crippen molar-refractivity contribution >= 4 is 23.2 Å². The SMILES string of the molecule is Cc1ccc(Nc2nc(C)cc(C(=O)Nc3ccccc3C(F)(F)F)n2)cc1. The van der Waals surface area contributed by atoms with Gasteiger partial charge in [0.25, 0.3) is 5.91 Å². The van der Waals surface area contributed by atoms with Crippen molar-refractivity contribution in [1.29, 1.82) is 0 Å². The topological polar surface area (TPSA) is 66.9 Å². The maximum Gasteiger partial charge on any atom is 0.418 e. The van der Waals surface area contributed by atoms with Gasteiger partial charge in [0.05, 0.1) is 11.3 Å². The Balaban J connectivity index is 1.85. The summed E-state index contributed by atoms with van der Waals surface area (Å²) >= 11 is 0. The molecular weight excluding hydrogens is 369 g/mol. The van der Waals surface area contributed by atoms with E-state index in [9.17, 15) is 18.0 Å². The van der Waals surface area contributed by atoms with Crippen molar-refractivity contribution < 1.29 is 18.0 Å². The molecule has 0 radical (unpaired) electrons. The number of aromatic nitrogens is 2. The van der Waals surface area contributed by atoms with Gasteiger partial charge in [-0.25, -0.2) is 9.97 Å². The van der Waals surface area contributed by atoms with Crippen LogP contribution in [0.15, 0.2) is 54.6 Å². The average molecular weight is 386 g/mol. The summed E-state index contributed by atoms with van der Waals surface area (Å²) in [5.74, 6) is -0.577. The van der Waals surface area contributed by atoms with Crippen molar-refractivity contribution in [2.75, 3.05) is 10.6 Å². The van der Waals surface area contributed by atoms with Gasteiger partial charge >= 0.3 is 6.18 Å². The normalized spacial score (nSPS) is 11.2. The van der Waals surface area contributed by atoms with E-state index in [1.54, 1.807) is 6.92 Å². The van der Waals surface area contributed by atoms with Crippen molar-refractivity contribution in [2.45, 2.75) is 20.0 Å². The van der Waals surface area contributed by atoms with Crippen LogP contribution < -0.4 is 10.6 Å². The molecule has 0 atom stereocenters. The number of hydrogen-bond acceptors (Lipinski definition) is 4. The quantitative estimate of drug-likeness (QED) is 0.654. The van der Waals surface area contributed by atoms with Gasteiger partial charge in [0.15, 0.2) is 0 Å². The molecule has 1 heterocycles. The lowest BCUT2D eigenvalue weighted by molar-refractivity contribution is -0.136. The standard InChI is InChI=1S/C20H17F3N4O/c1-12-7-9-14(10-8-12)25-19-24-13(2)11-17(27-19)18(28)26-16-6-4-3-5-15(16)20(21,22)23/h3-11H,1-2H3,(H,26,28)(H,24,25,27). The molecule has 3 rings (SSSR count). The summed E-state index contributed by atoms with van der Waals surface area (Å²) in [5, 5.41) is 5.27. The van der Waals surface area contributed by atoms with Crippen LogP contribution in [0.2, 0.25) is 0 Å². The Morgan fingerprint density at radius 2 is 1.64 bits per heavy atom. The first kappa shape index (κ1) is 19.3. The fraction of sp³-hybridized carbons (Fsp3) is 0.150. The maximum atomic E-state index is 13.1. The zero-order valence-corrected chi connectivity index (χ0v) is 15.1. The van der Waals surface area contributed by atoms with Crippen molar-refractivity contribution in [2.24, 2.45) is 0 Å². The Kier molecular flexibility index (Phi) is 5.30. The second-order valence-electron chi connectivity index (χ2n) is 6.21. The number of halogens is 3. The number of alkyl halides is 3. The van der Waals surface area contributed by atoms with E-state index in [4.69, 9.17) is 0 Å². The molecule has 2 N–H and O–H groups in total. The number of para-hydroxylation sites is 1. The first-order chi connectivity index (χ1) is 13.2. The first-order valence-electron chi connectivity index (χ1n) is 8.39. The molecule has 0 bridgehead atoms. The van der Waals surface area contributed by atoms with Crippen molar-refractivity contribution in [3.63, 3.8) is 0 Å². The number of nitrogens with zero attached hydrogens (tertiary/aromatic N) is 2. The highest BCUT2D eigenvalue weighted by Gasteiger charge is 2.33. The van der Waals surface area contributed by atoms with Gasteiger partial charge in [0, 0.05) is 11.4 Å². The molecule has 0 fully saturated rings. The number of carbonyl (C=O) groups excluding carboxylic acids is 1. The Bertz CT molecular complexity index is 1000. The van der Waals surface area contributed by atoms with Crippen LogP contribution in [0.3, 0.4) is 0 Å². The fourth-order valence-electron chi connectivity index (χ4n) is 2.53. The molecule has 0 spiro atoms. The minimum atomic E-state index is -4.58. The second kappa shape index (κ2) is 7.67. The van der Waals surface area contributed by atoms with Gasteiger partial charge in [-0.05, 0) is 44.2 Å². The summed E-state index contributed by atoms with van der Waals surface area (Å²) in [6, 6.07) is 13.7. The maximum absolute atomic E-state index is 13.1. The van der Waals surface area contributed by atoms with Gasteiger partial charge in [0.2, 0.25) is 5.95 Å². The smallest absolute Gasteiger partial charge is 0.324 e. The van der Waals surface area contributed by atoms with Crippen LogP contribution in [0, 0.1) is 13.8 Å². The molecule has 8 heteroatoms. The van der Waals surface area contributed by atoms with Gasteiger partial charge < -0.3 is 10.6 Å². The lowest BCUT2D eigenvalue weighted by Crippen LogP contribution is -2.18. The summed E-state index contributed by atoms with van der Waals surface area (Å²) in [6.07, 6.45) is -4.58. The van der Waals surface area contributed by atoms with Crippen LogP contribution in [0.1, 0.15) is 27.3 Å². The molecule has 0 saturated heterocycles. The van der Waals surface area contributed by atoms with Gasteiger partial charge in [-0.1, -0.05) is 29.8 Å². The zero-order chi connectivity index (χ0) is 20.3. The van der Waals surface area contributed by atoms with E-state index in [-0.39, 0.29) is 17.3 Å². The molecule has 0 aliphatic rings. The van der Waals surface area contributed by atoms with Crippen LogP contribution in [-0.4, -0.2) is 15.9 Å². The average Bonchev–Trinajstić information content (AvgIpc) is 2.63. The van der Waals surface area contributed by atoms with Crippen LogP contribution in [-0.2, 0) is 6.18 Å². The molecule has 0 unspecified atom stereocenters. The zero-order valence-electron chi connectivity index (χ0n) is 15.1. The third kappa shape index (κ3) is 4.64. The highest BCUT2D eigenvalue weighted by Crippen LogP contribution is 2.34. The number of amides is 1. The van der Waals surface area contributed by atoms with Gasteiger partial charge in [-0.2, -0.15) is 13.2 Å². The number of nitrogens with one attached hydrogen (secondary N) is 2. The summed E-state index contributed by atoms with van der Waals surface area (Å²) < 4.78 is 39.3. The Morgan fingerprint density at radius 1 is 0.964 bits per heavy atom. The minimum absolute atomic E-state index is 0.0425. The van der Waals surface area contributed by atoms with Crippen LogP contribution in [0.4, 0.5) is 30.5 Å². The Morgan fingerprint density at radius 3 is 2.32 bits per heavy atom. The Hall–Kier alpha value is -3.42. The predicted molar refractivity (Wildman–Crippen MR) is 101 cm³/mol. The third-order valence-electron chi connectivity index (χ3n) is 3.88. The van der Waals surface area contributed by atoms with Crippen molar-refractivity contribution in [1.82, 2.24) is 9.97 Å². The molecule has 5 nitrogen and oxygen atoms in total. The predicted octanol–water partition coefficient (Wildman–Crippen LogP) is 5.11. The molecule has 144 valence electrons. The molecule has 28 heavy (non-hydrogen) atoms. The number of aryl methyl sites for hydroxylation is 2. The summed E-state index contributed by atoms with van der Waals surface area (Å²) in [5.41, 5.74) is 1.01. The molecule has 0 saturated carbocycles. The largest absolute Gasteiger partial charge is 0.418 e. The third-order valence-corrected chi connectivity index (χ3v) is 3.88. The highest BCUT2D eigenvalue weighted by molar-refractivity contribution is 6.03. The molecule has 0 aliphatic carbocycles. The van der Waals surface area contributed by atoms with E-state index in [0.717, 1.165) is 17.3 Å². The minimum Gasteiger partial charge on any atom is -0.324 e. The van der Waals surface area contributed by atoms with E-state index in [1.165, 1.54) is 24.3 Å². The van der Waals surface area contributed by atoms with Crippen LogP contribution in [0.25, 0.3) is 0 Å². The lowest BCUT2D eigenvalue weighted by atomic mass is 10.1. The van der Waals surface area contributed by atoms with Gasteiger partial charge in [-0.3, -0.25) is 4.79 Å². The van der Waals surface area contributed by atoms with Crippen LogP contribution in [0.5, 0.6) is 0 Å². The monoisotopic (exact) mass is 386 g/mol. The van der Waals surface area contributed by atoms with E-state index >= 15 is 0 Å². The molecule has 1 aromatic heterocycles. The molecule has 2 aromatic carbocycles. The first-order valence-corrected chi connectivity index (χ1v) is 8.39. The van der Waals surface area contributed by atoms with E-state index in [1.807, 2.05) is 31.2 Å². The van der Waals surface area contributed by atoms with Gasteiger partial charge in [-0.15, -0.1) is 0 Å². The molecule has 3 aromatic rings. The summed E-state index contributed by atoms with van der Waals surface area (Å²) in [6.45, 7) is 3.62. The molecular formula is C20H17F3N4O. The summed E-state index contributed by atoms with van der Waals surface area (Å²) in [4.78, 5) is 20.8. The lowest BCUT2D eigenvalue weighted by Gasteiger charge is -2.14.